The van der Waals surface area contributed by atoms with Crippen molar-refractivity contribution in [2.45, 2.75) is 13.3 Å². The van der Waals surface area contributed by atoms with Gasteiger partial charge in [0.25, 0.3) is 0 Å². The second kappa shape index (κ2) is 6.41. The van der Waals surface area contributed by atoms with Gasteiger partial charge in [0.05, 0.1) is 10.0 Å². The van der Waals surface area contributed by atoms with Crippen LogP contribution >= 0.6 is 34.8 Å². The van der Waals surface area contributed by atoms with E-state index in [1.165, 1.54) is 0 Å². The maximum Gasteiger partial charge on any atom is 0.147 e. The molecule has 1 aromatic rings. The van der Waals surface area contributed by atoms with Gasteiger partial charge in [-0.2, -0.15) is 0 Å². The SMILES string of the molecule is CCCN(CCCl)c1ncc(Cl)cc1Cl. The number of nitrogens with zero attached hydrogens (tertiary/aromatic N) is 2. The van der Waals surface area contributed by atoms with Crippen LogP contribution in [-0.4, -0.2) is 24.0 Å². The molecular weight excluding hydrogens is 254 g/mol. The molecule has 0 amide bonds. The number of alkyl halides is 1. The van der Waals surface area contributed by atoms with E-state index in [0.29, 0.717) is 15.9 Å². The molecule has 0 N–H and O–H groups in total. The summed E-state index contributed by atoms with van der Waals surface area (Å²) < 4.78 is 0. The molecule has 0 aliphatic carbocycles. The van der Waals surface area contributed by atoms with E-state index in [-0.39, 0.29) is 0 Å². The zero-order valence-electron chi connectivity index (χ0n) is 8.51. The third kappa shape index (κ3) is 3.71. The lowest BCUT2D eigenvalue weighted by Crippen LogP contribution is -2.27. The average Bonchev–Trinajstić information content (AvgIpc) is 2.17. The molecule has 2 nitrogen and oxygen atoms in total. The quantitative estimate of drug-likeness (QED) is 0.754. The first-order chi connectivity index (χ1) is 7.19. The third-order valence-electron chi connectivity index (χ3n) is 1.94. The van der Waals surface area contributed by atoms with Crippen molar-refractivity contribution in [1.29, 1.82) is 0 Å². The van der Waals surface area contributed by atoms with E-state index in [4.69, 9.17) is 34.8 Å². The first-order valence-electron chi connectivity index (χ1n) is 4.81. The van der Waals surface area contributed by atoms with Gasteiger partial charge in [0.15, 0.2) is 0 Å². The summed E-state index contributed by atoms with van der Waals surface area (Å²) in [5.41, 5.74) is 0. The van der Waals surface area contributed by atoms with E-state index in [0.717, 1.165) is 25.3 Å². The van der Waals surface area contributed by atoms with Crippen LogP contribution in [0, 0.1) is 0 Å². The first-order valence-corrected chi connectivity index (χ1v) is 6.10. The average molecular weight is 268 g/mol. The lowest BCUT2D eigenvalue weighted by atomic mass is 10.3. The molecule has 0 aliphatic rings. The first kappa shape index (κ1) is 12.9. The molecule has 0 bridgehead atoms. The zero-order chi connectivity index (χ0) is 11.3. The summed E-state index contributed by atoms with van der Waals surface area (Å²) >= 11 is 17.6. The van der Waals surface area contributed by atoms with E-state index in [2.05, 4.69) is 16.8 Å². The predicted octanol–water partition coefficient (Wildman–Crippen LogP) is 3.84. The van der Waals surface area contributed by atoms with Crippen molar-refractivity contribution in [3.05, 3.63) is 22.3 Å². The van der Waals surface area contributed by atoms with E-state index >= 15 is 0 Å². The number of halogens is 3. The highest BCUT2D eigenvalue weighted by atomic mass is 35.5. The maximum absolute atomic E-state index is 6.06. The molecule has 15 heavy (non-hydrogen) atoms. The fourth-order valence-corrected chi connectivity index (χ4v) is 2.04. The van der Waals surface area contributed by atoms with E-state index < -0.39 is 0 Å². The Morgan fingerprint density at radius 1 is 1.33 bits per heavy atom. The van der Waals surface area contributed by atoms with Gasteiger partial charge in [-0.15, -0.1) is 11.6 Å². The summed E-state index contributed by atoms with van der Waals surface area (Å²) in [5, 5.41) is 1.12. The third-order valence-corrected chi connectivity index (χ3v) is 2.59. The lowest BCUT2D eigenvalue weighted by Gasteiger charge is -2.22. The van der Waals surface area contributed by atoms with Crippen molar-refractivity contribution < 1.29 is 0 Å². The predicted molar refractivity (Wildman–Crippen MR) is 67.5 cm³/mol. The number of aromatic nitrogens is 1. The minimum Gasteiger partial charge on any atom is -0.354 e. The molecule has 1 heterocycles. The fourth-order valence-electron chi connectivity index (χ4n) is 1.34. The Kier molecular flexibility index (Phi) is 5.51. The van der Waals surface area contributed by atoms with E-state index in [1.807, 2.05) is 0 Å². The van der Waals surface area contributed by atoms with Gasteiger partial charge in [0.2, 0.25) is 0 Å². The lowest BCUT2D eigenvalue weighted by molar-refractivity contribution is 0.781. The Balaban J connectivity index is 2.89. The Morgan fingerprint density at radius 2 is 2.07 bits per heavy atom. The molecule has 0 fully saturated rings. The monoisotopic (exact) mass is 266 g/mol. The van der Waals surface area contributed by atoms with Gasteiger partial charge >= 0.3 is 0 Å². The summed E-state index contributed by atoms with van der Waals surface area (Å²) in [5.74, 6) is 1.31. The van der Waals surface area contributed by atoms with Crippen LogP contribution in [0.2, 0.25) is 10.0 Å². The number of hydrogen-bond acceptors (Lipinski definition) is 2. The smallest absolute Gasteiger partial charge is 0.147 e. The van der Waals surface area contributed by atoms with Crippen molar-refractivity contribution >= 4 is 40.6 Å². The van der Waals surface area contributed by atoms with Crippen LogP contribution in [-0.2, 0) is 0 Å². The normalized spacial score (nSPS) is 10.4. The van der Waals surface area contributed by atoms with E-state index in [1.54, 1.807) is 12.3 Å². The standard InChI is InChI=1S/C10H13Cl3N2/c1-2-4-15(5-3-11)10-9(13)6-8(12)7-14-10/h6-7H,2-5H2,1H3. The van der Waals surface area contributed by atoms with Crippen molar-refractivity contribution in [3.63, 3.8) is 0 Å². The molecule has 84 valence electrons. The molecule has 0 saturated heterocycles. The molecule has 0 aromatic carbocycles. The van der Waals surface area contributed by atoms with Crippen molar-refractivity contribution in [1.82, 2.24) is 4.98 Å². The second-order valence-electron chi connectivity index (χ2n) is 3.13. The van der Waals surface area contributed by atoms with Gasteiger partial charge in [-0.1, -0.05) is 30.1 Å². The molecule has 1 rings (SSSR count). The number of rotatable bonds is 5. The summed E-state index contributed by atoms with van der Waals surface area (Å²) in [6, 6.07) is 1.70. The summed E-state index contributed by atoms with van der Waals surface area (Å²) in [7, 11) is 0. The topological polar surface area (TPSA) is 16.1 Å². The minimum absolute atomic E-state index is 0.547. The van der Waals surface area contributed by atoms with Crippen LogP contribution < -0.4 is 4.90 Å². The van der Waals surface area contributed by atoms with Gasteiger partial charge in [-0.05, 0) is 12.5 Å². The van der Waals surface area contributed by atoms with Crippen molar-refractivity contribution in [2.24, 2.45) is 0 Å². The minimum atomic E-state index is 0.547. The van der Waals surface area contributed by atoms with Gasteiger partial charge in [0, 0.05) is 25.2 Å². The number of hydrogen-bond donors (Lipinski definition) is 0. The molecule has 1 aromatic heterocycles. The van der Waals surface area contributed by atoms with Crippen molar-refractivity contribution in [3.8, 4) is 0 Å². The van der Waals surface area contributed by atoms with Crippen molar-refractivity contribution in [2.75, 3.05) is 23.9 Å². The highest BCUT2D eigenvalue weighted by molar-refractivity contribution is 6.36. The highest BCUT2D eigenvalue weighted by Gasteiger charge is 2.10. The molecule has 0 spiro atoms. The molecule has 0 unspecified atom stereocenters. The Hall–Kier alpha value is -0.180. The Labute approximate surface area is 105 Å². The van der Waals surface area contributed by atoms with Crippen LogP contribution in [0.15, 0.2) is 12.3 Å². The van der Waals surface area contributed by atoms with Crippen LogP contribution in [0.3, 0.4) is 0 Å². The zero-order valence-corrected chi connectivity index (χ0v) is 10.8. The largest absolute Gasteiger partial charge is 0.354 e. The Bertz CT molecular complexity index is 312. The molecule has 0 radical (unpaired) electrons. The molecule has 0 saturated carbocycles. The number of anilines is 1. The van der Waals surface area contributed by atoms with Gasteiger partial charge < -0.3 is 4.90 Å². The molecule has 0 aliphatic heterocycles. The molecule has 0 atom stereocenters. The molecule has 5 heteroatoms. The summed E-state index contributed by atoms with van der Waals surface area (Å²) in [6.07, 6.45) is 2.62. The highest BCUT2D eigenvalue weighted by Crippen LogP contribution is 2.26. The second-order valence-corrected chi connectivity index (χ2v) is 4.36. The van der Waals surface area contributed by atoms with Crippen LogP contribution in [0.25, 0.3) is 0 Å². The van der Waals surface area contributed by atoms with Gasteiger partial charge in [0.1, 0.15) is 5.82 Å². The summed E-state index contributed by atoms with van der Waals surface area (Å²) in [6.45, 7) is 3.73. The molecular formula is C10H13Cl3N2. The van der Waals surface area contributed by atoms with E-state index in [9.17, 15) is 0 Å². The van der Waals surface area contributed by atoms with Crippen LogP contribution in [0.5, 0.6) is 0 Å². The summed E-state index contributed by atoms with van der Waals surface area (Å²) in [4.78, 5) is 6.28. The number of pyridine rings is 1. The van der Waals surface area contributed by atoms with Crippen LogP contribution in [0.4, 0.5) is 5.82 Å². The van der Waals surface area contributed by atoms with Gasteiger partial charge in [-0.25, -0.2) is 4.98 Å². The van der Waals surface area contributed by atoms with Gasteiger partial charge in [-0.3, -0.25) is 0 Å². The van der Waals surface area contributed by atoms with Crippen LogP contribution in [0.1, 0.15) is 13.3 Å². The maximum atomic E-state index is 6.06. The Morgan fingerprint density at radius 3 is 2.60 bits per heavy atom. The fraction of sp³-hybridized carbons (Fsp3) is 0.500.